The van der Waals surface area contributed by atoms with Crippen LogP contribution in [0.4, 0.5) is 0 Å². The normalized spacial score (nSPS) is 11.7. The molecule has 0 fully saturated rings. The van der Waals surface area contributed by atoms with E-state index >= 15 is 0 Å². The van der Waals surface area contributed by atoms with E-state index in [1.165, 1.54) is 76.5 Å². The number of fused-ring (bicyclic) bond motifs is 5. The SMILES string of the molecule is Cc1cc(C)n2cc(-c3ccc(-c4ccc5c(-c6ccc7ccccc7c6)c6ccccc6c(-c6ccc7ccccc7c6)c5c4)cc3)nc2n1. The van der Waals surface area contributed by atoms with E-state index < -0.39 is 0 Å². The maximum absolute atomic E-state index is 4.85. The molecule has 0 saturated carbocycles. The van der Waals surface area contributed by atoms with E-state index in [0.717, 1.165) is 28.4 Å². The maximum atomic E-state index is 4.85. The Morgan fingerprint density at radius 2 is 0.902 bits per heavy atom. The zero-order valence-electron chi connectivity index (χ0n) is 28.4. The van der Waals surface area contributed by atoms with Crippen LogP contribution < -0.4 is 0 Å². The molecule has 10 aromatic rings. The maximum Gasteiger partial charge on any atom is 0.234 e. The van der Waals surface area contributed by atoms with Crippen molar-refractivity contribution in [1.29, 1.82) is 0 Å². The number of aryl methyl sites for hydroxylation is 2. The lowest BCUT2D eigenvalue weighted by molar-refractivity contribution is 1.01. The molecule has 2 heterocycles. The average Bonchev–Trinajstić information content (AvgIpc) is 3.61. The Bertz CT molecular complexity index is 2990. The molecular formula is C48H33N3. The molecular weight excluding hydrogens is 619 g/mol. The summed E-state index contributed by atoms with van der Waals surface area (Å²) in [4.78, 5) is 9.50. The van der Waals surface area contributed by atoms with Gasteiger partial charge in [0.1, 0.15) is 0 Å². The van der Waals surface area contributed by atoms with Gasteiger partial charge >= 0.3 is 0 Å². The summed E-state index contributed by atoms with van der Waals surface area (Å²) >= 11 is 0. The fourth-order valence-electron chi connectivity index (χ4n) is 7.91. The van der Waals surface area contributed by atoms with Crippen molar-refractivity contribution in [3.63, 3.8) is 0 Å². The van der Waals surface area contributed by atoms with Gasteiger partial charge in [0.05, 0.1) is 5.69 Å². The standard InChI is InChI=1S/C48H33N3/c1-30-25-31(2)51-29-45(50-48(51)49-30)35-19-15-34(16-20-35)38-23-24-43-44(28-38)47(40-22-18-33-10-4-6-12-37(33)27-40)42-14-8-7-13-41(42)46(43)39-21-17-32-9-3-5-11-36(32)26-39/h3-29H,1-2H3. The monoisotopic (exact) mass is 651 g/mol. The van der Waals surface area contributed by atoms with E-state index in [4.69, 9.17) is 4.98 Å². The quantitative estimate of drug-likeness (QED) is 0.177. The zero-order chi connectivity index (χ0) is 34.1. The van der Waals surface area contributed by atoms with E-state index in [-0.39, 0.29) is 0 Å². The molecule has 51 heavy (non-hydrogen) atoms. The van der Waals surface area contributed by atoms with Gasteiger partial charge in [-0.15, -0.1) is 0 Å². The van der Waals surface area contributed by atoms with Crippen molar-refractivity contribution < 1.29 is 0 Å². The van der Waals surface area contributed by atoms with Crippen LogP contribution in [0.3, 0.4) is 0 Å². The molecule has 0 radical (unpaired) electrons. The second-order valence-electron chi connectivity index (χ2n) is 13.6. The summed E-state index contributed by atoms with van der Waals surface area (Å²) in [5, 5.41) is 9.98. The molecule has 0 spiro atoms. The van der Waals surface area contributed by atoms with Gasteiger partial charge in [-0.1, -0.05) is 133 Å². The average molecular weight is 652 g/mol. The van der Waals surface area contributed by atoms with Gasteiger partial charge in [-0.2, -0.15) is 0 Å². The smallest absolute Gasteiger partial charge is 0.234 e. The number of hydrogen-bond donors (Lipinski definition) is 0. The van der Waals surface area contributed by atoms with E-state index in [0.29, 0.717) is 0 Å². The van der Waals surface area contributed by atoms with E-state index in [9.17, 15) is 0 Å². The Balaban J connectivity index is 1.19. The topological polar surface area (TPSA) is 30.2 Å². The first kappa shape index (κ1) is 29.3. The molecule has 0 saturated heterocycles. The highest BCUT2D eigenvalue weighted by Gasteiger charge is 2.18. The molecule has 240 valence electrons. The molecule has 0 unspecified atom stereocenters. The molecule has 2 aromatic heterocycles. The van der Waals surface area contributed by atoms with Crippen LogP contribution in [0.5, 0.6) is 0 Å². The lowest BCUT2D eigenvalue weighted by Gasteiger charge is -2.19. The fourth-order valence-corrected chi connectivity index (χ4v) is 7.91. The van der Waals surface area contributed by atoms with E-state index in [1.807, 2.05) is 6.92 Å². The number of benzene rings is 8. The van der Waals surface area contributed by atoms with Gasteiger partial charge in [-0.3, -0.25) is 4.40 Å². The van der Waals surface area contributed by atoms with Crippen molar-refractivity contribution >= 4 is 48.9 Å². The minimum Gasteiger partial charge on any atom is -0.288 e. The van der Waals surface area contributed by atoms with Gasteiger partial charge in [0.25, 0.3) is 0 Å². The Morgan fingerprint density at radius 3 is 1.55 bits per heavy atom. The van der Waals surface area contributed by atoms with Crippen molar-refractivity contribution in [2.45, 2.75) is 13.8 Å². The lowest BCUT2D eigenvalue weighted by Crippen LogP contribution is -1.94. The van der Waals surface area contributed by atoms with Crippen LogP contribution >= 0.6 is 0 Å². The van der Waals surface area contributed by atoms with Crippen LogP contribution in [0.1, 0.15) is 11.4 Å². The summed E-state index contributed by atoms with van der Waals surface area (Å²) in [7, 11) is 0. The van der Waals surface area contributed by atoms with Crippen molar-refractivity contribution in [2.24, 2.45) is 0 Å². The summed E-state index contributed by atoms with van der Waals surface area (Å²) in [6.45, 7) is 4.11. The molecule has 0 aliphatic carbocycles. The van der Waals surface area contributed by atoms with Gasteiger partial charge in [0.15, 0.2) is 0 Å². The molecule has 8 aromatic carbocycles. The van der Waals surface area contributed by atoms with Crippen LogP contribution in [0.2, 0.25) is 0 Å². The second kappa shape index (κ2) is 11.5. The third-order valence-electron chi connectivity index (χ3n) is 10.4. The van der Waals surface area contributed by atoms with Gasteiger partial charge in [0, 0.05) is 23.1 Å². The Morgan fingerprint density at radius 1 is 0.392 bits per heavy atom. The number of nitrogens with zero attached hydrogens (tertiary/aromatic N) is 3. The van der Waals surface area contributed by atoms with Crippen LogP contribution in [0, 0.1) is 13.8 Å². The third-order valence-corrected chi connectivity index (χ3v) is 10.4. The van der Waals surface area contributed by atoms with Gasteiger partial charge < -0.3 is 0 Å². The summed E-state index contributed by atoms with van der Waals surface area (Å²) in [6, 6.07) is 57.8. The molecule has 0 aliphatic heterocycles. The minimum absolute atomic E-state index is 0.733. The summed E-state index contributed by atoms with van der Waals surface area (Å²) in [5.74, 6) is 0.733. The Kier molecular flexibility index (Phi) is 6.62. The summed E-state index contributed by atoms with van der Waals surface area (Å²) in [6.07, 6.45) is 2.08. The molecule has 3 nitrogen and oxygen atoms in total. The number of rotatable bonds is 4. The van der Waals surface area contributed by atoms with Crippen molar-refractivity contribution in [2.75, 3.05) is 0 Å². The minimum atomic E-state index is 0.733. The Hall–Kier alpha value is -6.58. The van der Waals surface area contributed by atoms with Crippen molar-refractivity contribution in [3.05, 3.63) is 175 Å². The molecule has 0 bridgehead atoms. The fraction of sp³-hybridized carbons (Fsp3) is 0.0417. The summed E-state index contributed by atoms with van der Waals surface area (Å²) < 4.78 is 2.06. The molecule has 0 aliphatic rings. The number of hydrogen-bond acceptors (Lipinski definition) is 2. The van der Waals surface area contributed by atoms with Crippen molar-refractivity contribution in [3.8, 4) is 44.6 Å². The summed E-state index contributed by atoms with van der Waals surface area (Å²) in [5.41, 5.74) is 11.4. The van der Waals surface area contributed by atoms with E-state index in [1.54, 1.807) is 0 Å². The second-order valence-corrected chi connectivity index (χ2v) is 13.6. The highest BCUT2D eigenvalue weighted by molar-refractivity contribution is 6.22. The van der Waals surface area contributed by atoms with Crippen LogP contribution in [-0.4, -0.2) is 14.4 Å². The first-order chi connectivity index (χ1) is 25.1. The Labute approximate surface area is 296 Å². The van der Waals surface area contributed by atoms with E-state index in [2.05, 4.69) is 180 Å². The number of aromatic nitrogens is 3. The highest BCUT2D eigenvalue weighted by Crippen LogP contribution is 2.45. The molecule has 10 rings (SSSR count). The highest BCUT2D eigenvalue weighted by atomic mass is 15.1. The van der Waals surface area contributed by atoms with Crippen LogP contribution in [-0.2, 0) is 0 Å². The molecule has 0 amide bonds. The van der Waals surface area contributed by atoms with Gasteiger partial charge in [-0.05, 0) is 115 Å². The van der Waals surface area contributed by atoms with Gasteiger partial charge in [0.2, 0.25) is 5.78 Å². The largest absolute Gasteiger partial charge is 0.288 e. The predicted octanol–water partition coefficient (Wildman–Crippen LogP) is 12.6. The van der Waals surface area contributed by atoms with Gasteiger partial charge in [-0.25, -0.2) is 9.97 Å². The first-order valence-electron chi connectivity index (χ1n) is 17.5. The first-order valence-corrected chi connectivity index (χ1v) is 17.5. The van der Waals surface area contributed by atoms with Crippen molar-refractivity contribution in [1.82, 2.24) is 14.4 Å². The number of imidazole rings is 1. The lowest BCUT2D eigenvalue weighted by atomic mass is 9.84. The molecule has 0 atom stereocenters. The predicted molar refractivity (Wildman–Crippen MR) is 214 cm³/mol. The molecule has 0 N–H and O–H groups in total. The van der Waals surface area contributed by atoms with Crippen LogP contribution in [0.15, 0.2) is 164 Å². The molecule has 3 heteroatoms. The van der Waals surface area contributed by atoms with Crippen LogP contribution in [0.25, 0.3) is 93.5 Å². The third kappa shape index (κ3) is 4.89. The zero-order valence-corrected chi connectivity index (χ0v) is 28.4.